The molecule has 0 spiro atoms. The van der Waals surface area contributed by atoms with Crippen LogP contribution in [-0.4, -0.2) is 35.5 Å². The molecular weight excluding hydrogens is 392 g/mol. The van der Waals surface area contributed by atoms with Crippen LogP contribution in [0.1, 0.15) is 35.4 Å². The van der Waals surface area contributed by atoms with Crippen molar-refractivity contribution in [3.05, 3.63) is 71.1 Å². The zero-order chi connectivity index (χ0) is 21.8. The van der Waals surface area contributed by atoms with E-state index in [1.807, 2.05) is 49.4 Å². The molecule has 6 nitrogen and oxygen atoms in total. The van der Waals surface area contributed by atoms with Gasteiger partial charge in [0, 0.05) is 12.1 Å². The van der Waals surface area contributed by atoms with E-state index in [0.29, 0.717) is 19.0 Å². The highest BCUT2D eigenvalue weighted by atomic mass is 16.5. The molecule has 0 N–H and O–H groups in total. The molecule has 31 heavy (non-hydrogen) atoms. The summed E-state index contributed by atoms with van der Waals surface area (Å²) in [6, 6.07) is 15.7. The van der Waals surface area contributed by atoms with Gasteiger partial charge in [-0.15, -0.1) is 0 Å². The second-order valence-electron chi connectivity index (χ2n) is 7.87. The fourth-order valence-electron chi connectivity index (χ4n) is 4.04. The van der Waals surface area contributed by atoms with Gasteiger partial charge in [-0.3, -0.25) is 9.69 Å². The molecular formula is C25H28N2O4. The molecule has 1 aliphatic rings. The van der Waals surface area contributed by atoms with Gasteiger partial charge in [0.25, 0.3) is 0 Å². The van der Waals surface area contributed by atoms with Crippen LogP contribution in [0, 0.1) is 13.8 Å². The van der Waals surface area contributed by atoms with Crippen molar-refractivity contribution in [2.75, 3.05) is 13.7 Å². The number of rotatable bonds is 7. The summed E-state index contributed by atoms with van der Waals surface area (Å²) in [5.41, 5.74) is 3.95. The second kappa shape index (κ2) is 9.35. The number of hydrogen-bond acceptors (Lipinski definition) is 6. The average Bonchev–Trinajstić information content (AvgIpc) is 3.41. The molecule has 1 atom stereocenters. The van der Waals surface area contributed by atoms with Crippen molar-refractivity contribution < 1.29 is 18.7 Å². The van der Waals surface area contributed by atoms with Crippen molar-refractivity contribution in [1.29, 1.82) is 0 Å². The Morgan fingerprint density at radius 1 is 1.16 bits per heavy atom. The Morgan fingerprint density at radius 3 is 2.74 bits per heavy atom. The van der Waals surface area contributed by atoms with Gasteiger partial charge in [-0.2, -0.15) is 0 Å². The topological polar surface area (TPSA) is 64.8 Å². The van der Waals surface area contributed by atoms with Crippen LogP contribution in [0.4, 0.5) is 0 Å². The third-order valence-electron chi connectivity index (χ3n) is 5.88. The summed E-state index contributed by atoms with van der Waals surface area (Å²) >= 11 is 0. The largest absolute Gasteiger partial charge is 0.487 e. The van der Waals surface area contributed by atoms with Gasteiger partial charge in [-0.25, -0.2) is 4.98 Å². The number of ether oxygens (including phenoxy) is 2. The van der Waals surface area contributed by atoms with Crippen molar-refractivity contribution >= 4 is 5.97 Å². The number of oxazole rings is 1. The Kier molecular flexibility index (Phi) is 6.37. The fraction of sp³-hybridized carbons (Fsp3) is 0.360. The van der Waals surface area contributed by atoms with Gasteiger partial charge in [0.15, 0.2) is 0 Å². The summed E-state index contributed by atoms with van der Waals surface area (Å²) in [5.74, 6) is 2.02. The van der Waals surface area contributed by atoms with Gasteiger partial charge in [-0.05, 0) is 62.6 Å². The van der Waals surface area contributed by atoms with E-state index in [2.05, 4.69) is 22.9 Å². The van der Waals surface area contributed by atoms with E-state index in [1.165, 1.54) is 7.11 Å². The Labute approximate surface area is 182 Å². The number of likely N-dealkylation sites (tertiary alicyclic amines) is 1. The predicted octanol–water partition coefficient (Wildman–Crippen LogP) is 4.67. The van der Waals surface area contributed by atoms with E-state index in [0.717, 1.165) is 53.3 Å². The Morgan fingerprint density at radius 2 is 1.97 bits per heavy atom. The average molecular weight is 421 g/mol. The summed E-state index contributed by atoms with van der Waals surface area (Å²) < 4.78 is 16.9. The normalized spacial score (nSPS) is 16.4. The number of nitrogens with zero attached hydrogens (tertiary/aromatic N) is 2. The van der Waals surface area contributed by atoms with E-state index in [9.17, 15) is 4.79 Å². The molecule has 3 aromatic rings. The number of benzene rings is 2. The minimum absolute atomic E-state index is 0.154. The Balaban J connectivity index is 1.46. The summed E-state index contributed by atoms with van der Waals surface area (Å²) in [5, 5.41) is 0. The lowest BCUT2D eigenvalue weighted by Crippen LogP contribution is -2.36. The molecule has 6 heteroatoms. The van der Waals surface area contributed by atoms with Crippen LogP contribution in [0.2, 0.25) is 0 Å². The quantitative estimate of drug-likeness (QED) is 0.518. The van der Waals surface area contributed by atoms with Crippen molar-refractivity contribution in [2.24, 2.45) is 0 Å². The molecule has 0 aliphatic carbocycles. The number of aromatic nitrogens is 1. The molecule has 0 bridgehead atoms. The fourth-order valence-corrected chi connectivity index (χ4v) is 4.04. The maximum absolute atomic E-state index is 12.1. The van der Waals surface area contributed by atoms with Crippen LogP contribution in [-0.2, 0) is 22.7 Å². The first-order valence-corrected chi connectivity index (χ1v) is 10.6. The number of esters is 1. The highest BCUT2D eigenvalue weighted by Gasteiger charge is 2.31. The number of methoxy groups -OCH3 is 1. The predicted molar refractivity (Wildman–Crippen MR) is 118 cm³/mol. The van der Waals surface area contributed by atoms with Crippen LogP contribution in [0.3, 0.4) is 0 Å². The van der Waals surface area contributed by atoms with Crippen molar-refractivity contribution in [1.82, 2.24) is 9.88 Å². The first kappa shape index (κ1) is 21.1. The molecule has 0 radical (unpaired) electrons. The summed E-state index contributed by atoms with van der Waals surface area (Å²) in [7, 11) is 1.45. The molecule has 0 amide bonds. The molecule has 2 heterocycles. The zero-order valence-electron chi connectivity index (χ0n) is 18.3. The van der Waals surface area contributed by atoms with E-state index >= 15 is 0 Å². The van der Waals surface area contributed by atoms with Crippen LogP contribution in [0.5, 0.6) is 5.75 Å². The maximum Gasteiger partial charge on any atom is 0.323 e. The number of aryl methyl sites for hydroxylation is 1. The smallest absolute Gasteiger partial charge is 0.323 e. The molecule has 2 aromatic carbocycles. The van der Waals surface area contributed by atoms with Gasteiger partial charge in [0.05, 0.1) is 7.11 Å². The highest BCUT2D eigenvalue weighted by Crippen LogP contribution is 2.28. The highest BCUT2D eigenvalue weighted by molar-refractivity contribution is 5.76. The lowest BCUT2D eigenvalue weighted by Gasteiger charge is -2.23. The number of carbonyl (C=O) groups excluding carboxylic acids is 1. The lowest BCUT2D eigenvalue weighted by molar-refractivity contribution is -0.146. The van der Waals surface area contributed by atoms with Gasteiger partial charge in [-0.1, -0.05) is 30.3 Å². The molecule has 1 unspecified atom stereocenters. The molecule has 4 rings (SSSR count). The lowest BCUT2D eigenvalue weighted by atomic mass is 10.1. The van der Waals surface area contributed by atoms with Gasteiger partial charge in [0.1, 0.15) is 29.9 Å². The van der Waals surface area contributed by atoms with Crippen molar-refractivity contribution in [3.8, 4) is 17.2 Å². The Hall–Kier alpha value is -3.12. The van der Waals surface area contributed by atoms with Crippen LogP contribution >= 0.6 is 0 Å². The van der Waals surface area contributed by atoms with E-state index in [1.54, 1.807) is 0 Å². The molecule has 1 fully saturated rings. The molecule has 1 aromatic heterocycles. The van der Waals surface area contributed by atoms with Crippen LogP contribution < -0.4 is 4.74 Å². The molecule has 1 saturated heterocycles. The third-order valence-corrected chi connectivity index (χ3v) is 5.88. The zero-order valence-corrected chi connectivity index (χ0v) is 18.3. The second-order valence-corrected chi connectivity index (χ2v) is 7.87. The molecule has 0 saturated carbocycles. The summed E-state index contributed by atoms with van der Waals surface area (Å²) in [6.45, 7) is 5.89. The summed E-state index contributed by atoms with van der Waals surface area (Å²) in [6.07, 6.45) is 1.85. The van der Waals surface area contributed by atoms with Crippen LogP contribution in [0.15, 0.2) is 52.9 Å². The minimum Gasteiger partial charge on any atom is -0.487 e. The van der Waals surface area contributed by atoms with Gasteiger partial charge in [0.2, 0.25) is 5.89 Å². The monoisotopic (exact) mass is 420 g/mol. The van der Waals surface area contributed by atoms with Gasteiger partial charge < -0.3 is 13.9 Å². The van der Waals surface area contributed by atoms with Gasteiger partial charge >= 0.3 is 5.97 Å². The first-order valence-electron chi connectivity index (χ1n) is 10.6. The first-order chi connectivity index (χ1) is 15.1. The SMILES string of the molecule is COC(=O)C1CCCN1Cc1cccc(OCc2nc(-c3ccccc3)oc2C)c1C. The maximum atomic E-state index is 12.1. The standard InChI is InChI=1S/C25H28N2O4/c1-17-20(15-27-14-8-12-22(27)25(28)29-3)11-7-13-23(17)30-16-21-18(2)31-24(26-21)19-9-5-4-6-10-19/h4-7,9-11,13,22H,8,12,14-16H2,1-3H3. The van der Waals surface area contributed by atoms with E-state index in [4.69, 9.17) is 13.9 Å². The van der Waals surface area contributed by atoms with Crippen molar-refractivity contribution in [3.63, 3.8) is 0 Å². The Bertz CT molecular complexity index is 1040. The van der Waals surface area contributed by atoms with Crippen molar-refractivity contribution in [2.45, 2.75) is 45.9 Å². The van der Waals surface area contributed by atoms with E-state index < -0.39 is 0 Å². The third kappa shape index (κ3) is 4.64. The van der Waals surface area contributed by atoms with Crippen LogP contribution in [0.25, 0.3) is 11.5 Å². The number of hydrogen-bond donors (Lipinski definition) is 0. The minimum atomic E-state index is -0.164. The molecule has 162 valence electrons. The summed E-state index contributed by atoms with van der Waals surface area (Å²) in [4.78, 5) is 18.9. The van der Waals surface area contributed by atoms with E-state index in [-0.39, 0.29) is 12.0 Å². The number of carbonyl (C=O) groups is 1. The molecule has 1 aliphatic heterocycles.